The standard InChI is InChI=1S/C15H14FNOS/c1-2-10-3-5-11(6-4-10)17-15(18)13-9-12(19)7-8-14(13)16/h3-9,19H,2H2,1H3,(H,17,18). The van der Waals surface area contributed by atoms with Crippen LogP contribution in [0.2, 0.25) is 0 Å². The van der Waals surface area contributed by atoms with E-state index in [1.807, 2.05) is 12.1 Å². The van der Waals surface area contributed by atoms with E-state index in [0.29, 0.717) is 10.6 Å². The number of thiol groups is 1. The summed E-state index contributed by atoms with van der Waals surface area (Å²) in [5.74, 6) is -1.03. The summed E-state index contributed by atoms with van der Waals surface area (Å²) in [6.45, 7) is 2.06. The fraction of sp³-hybridized carbons (Fsp3) is 0.133. The number of halogens is 1. The van der Waals surface area contributed by atoms with Crippen molar-refractivity contribution in [2.75, 3.05) is 5.32 Å². The summed E-state index contributed by atoms with van der Waals surface area (Å²) in [6, 6.07) is 11.6. The molecule has 0 aromatic heterocycles. The number of carbonyl (C=O) groups excluding carboxylic acids is 1. The van der Waals surface area contributed by atoms with Crippen molar-refractivity contribution in [3.05, 3.63) is 59.4 Å². The molecule has 1 amide bonds. The van der Waals surface area contributed by atoms with Crippen molar-refractivity contribution < 1.29 is 9.18 Å². The second-order valence-electron chi connectivity index (χ2n) is 4.17. The minimum atomic E-state index is -0.555. The van der Waals surface area contributed by atoms with Crippen LogP contribution in [0.1, 0.15) is 22.8 Å². The fourth-order valence-corrected chi connectivity index (χ4v) is 1.91. The van der Waals surface area contributed by atoms with Gasteiger partial charge in [0.1, 0.15) is 5.82 Å². The van der Waals surface area contributed by atoms with Crippen LogP contribution in [0.3, 0.4) is 0 Å². The Hall–Kier alpha value is -1.81. The summed E-state index contributed by atoms with van der Waals surface area (Å²) in [5.41, 5.74) is 1.82. The molecule has 2 aromatic rings. The van der Waals surface area contributed by atoms with Crippen molar-refractivity contribution in [1.29, 1.82) is 0 Å². The maximum Gasteiger partial charge on any atom is 0.258 e. The van der Waals surface area contributed by atoms with Crippen LogP contribution in [0.5, 0.6) is 0 Å². The summed E-state index contributed by atoms with van der Waals surface area (Å²) in [4.78, 5) is 12.5. The van der Waals surface area contributed by atoms with Crippen molar-refractivity contribution in [3.8, 4) is 0 Å². The maximum atomic E-state index is 13.5. The van der Waals surface area contributed by atoms with Crippen LogP contribution in [-0.4, -0.2) is 5.91 Å². The average Bonchev–Trinajstić information content (AvgIpc) is 2.42. The molecule has 4 heteroatoms. The van der Waals surface area contributed by atoms with Gasteiger partial charge in [-0.15, -0.1) is 12.6 Å². The van der Waals surface area contributed by atoms with E-state index in [1.165, 1.54) is 23.8 Å². The number of aryl methyl sites for hydroxylation is 1. The molecule has 0 radical (unpaired) electrons. The van der Waals surface area contributed by atoms with Gasteiger partial charge in [-0.3, -0.25) is 4.79 Å². The van der Waals surface area contributed by atoms with Gasteiger partial charge in [-0.25, -0.2) is 4.39 Å². The third-order valence-electron chi connectivity index (χ3n) is 2.81. The highest BCUT2D eigenvalue weighted by Crippen LogP contribution is 2.16. The molecule has 0 spiro atoms. The highest BCUT2D eigenvalue weighted by Gasteiger charge is 2.12. The fourth-order valence-electron chi connectivity index (χ4n) is 1.71. The molecule has 0 atom stereocenters. The van der Waals surface area contributed by atoms with Gasteiger partial charge in [-0.1, -0.05) is 19.1 Å². The van der Waals surface area contributed by atoms with Gasteiger partial charge < -0.3 is 5.32 Å². The van der Waals surface area contributed by atoms with Crippen LogP contribution in [0.25, 0.3) is 0 Å². The largest absolute Gasteiger partial charge is 0.322 e. The zero-order chi connectivity index (χ0) is 13.8. The first-order valence-electron chi connectivity index (χ1n) is 5.99. The monoisotopic (exact) mass is 275 g/mol. The normalized spacial score (nSPS) is 10.3. The number of nitrogens with one attached hydrogen (secondary N) is 1. The van der Waals surface area contributed by atoms with Crippen LogP contribution in [-0.2, 0) is 6.42 Å². The number of hydrogen-bond donors (Lipinski definition) is 2. The molecule has 19 heavy (non-hydrogen) atoms. The van der Waals surface area contributed by atoms with Gasteiger partial charge in [0.25, 0.3) is 5.91 Å². The quantitative estimate of drug-likeness (QED) is 0.817. The van der Waals surface area contributed by atoms with E-state index in [4.69, 9.17) is 0 Å². The molecule has 98 valence electrons. The van der Waals surface area contributed by atoms with Gasteiger partial charge in [0, 0.05) is 10.6 Å². The molecular formula is C15H14FNOS. The lowest BCUT2D eigenvalue weighted by molar-refractivity contribution is 0.102. The van der Waals surface area contributed by atoms with E-state index in [0.717, 1.165) is 6.42 Å². The zero-order valence-corrected chi connectivity index (χ0v) is 11.4. The number of rotatable bonds is 3. The maximum absolute atomic E-state index is 13.5. The number of hydrogen-bond acceptors (Lipinski definition) is 2. The number of carbonyl (C=O) groups is 1. The lowest BCUT2D eigenvalue weighted by Crippen LogP contribution is -2.13. The summed E-state index contributed by atoms with van der Waals surface area (Å²) >= 11 is 4.10. The highest BCUT2D eigenvalue weighted by molar-refractivity contribution is 7.80. The van der Waals surface area contributed by atoms with Crippen LogP contribution in [0, 0.1) is 5.82 Å². The van der Waals surface area contributed by atoms with E-state index < -0.39 is 11.7 Å². The Bertz CT molecular complexity index is 596. The Labute approximate surface area is 117 Å². The lowest BCUT2D eigenvalue weighted by atomic mass is 10.1. The van der Waals surface area contributed by atoms with Crippen molar-refractivity contribution in [2.45, 2.75) is 18.2 Å². The minimum Gasteiger partial charge on any atom is -0.322 e. The molecule has 0 aliphatic rings. The highest BCUT2D eigenvalue weighted by atomic mass is 32.1. The van der Waals surface area contributed by atoms with E-state index in [9.17, 15) is 9.18 Å². The first-order valence-corrected chi connectivity index (χ1v) is 6.43. The third-order valence-corrected chi connectivity index (χ3v) is 3.09. The third kappa shape index (κ3) is 3.35. The van der Waals surface area contributed by atoms with Crippen LogP contribution >= 0.6 is 12.6 Å². The van der Waals surface area contributed by atoms with E-state index in [1.54, 1.807) is 12.1 Å². The number of anilines is 1. The molecule has 0 saturated carbocycles. The molecule has 2 aromatic carbocycles. The minimum absolute atomic E-state index is 0.00734. The van der Waals surface area contributed by atoms with Gasteiger partial charge in [0.2, 0.25) is 0 Å². The molecule has 0 fully saturated rings. The van der Waals surface area contributed by atoms with Gasteiger partial charge in [-0.05, 0) is 42.3 Å². The Morgan fingerprint density at radius 2 is 1.89 bits per heavy atom. The van der Waals surface area contributed by atoms with Crippen molar-refractivity contribution >= 4 is 24.2 Å². The van der Waals surface area contributed by atoms with Crippen LogP contribution < -0.4 is 5.32 Å². The van der Waals surface area contributed by atoms with Crippen molar-refractivity contribution in [3.63, 3.8) is 0 Å². The predicted octanol–water partition coefficient (Wildman–Crippen LogP) is 3.93. The number of amides is 1. The van der Waals surface area contributed by atoms with Crippen molar-refractivity contribution in [2.24, 2.45) is 0 Å². The summed E-state index contributed by atoms with van der Waals surface area (Å²) in [5, 5.41) is 2.66. The van der Waals surface area contributed by atoms with Gasteiger partial charge in [0.15, 0.2) is 0 Å². The second kappa shape index (κ2) is 5.89. The first kappa shape index (κ1) is 13.6. The Morgan fingerprint density at radius 1 is 1.21 bits per heavy atom. The van der Waals surface area contributed by atoms with Crippen LogP contribution in [0.4, 0.5) is 10.1 Å². The van der Waals surface area contributed by atoms with Crippen molar-refractivity contribution in [1.82, 2.24) is 0 Å². The smallest absolute Gasteiger partial charge is 0.258 e. The lowest BCUT2D eigenvalue weighted by Gasteiger charge is -2.07. The van der Waals surface area contributed by atoms with E-state index in [-0.39, 0.29) is 5.56 Å². The molecule has 0 unspecified atom stereocenters. The molecule has 1 N–H and O–H groups in total. The topological polar surface area (TPSA) is 29.1 Å². The second-order valence-corrected chi connectivity index (χ2v) is 4.69. The first-order chi connectivity index (χ1) is 9.10. The van der Waals surface area contributed by atoms with Gasteiger partial charge >= 0.3 is 0 Å². The van der Waals surface area contributed by atoms with E-state index in [2.05, 4.69) is 24.9 Å². The Kier molecular flexibility index (Phi) is 4.22. The molecule has 0 aliphatic carbocycles. The molecule has 0 heterocycles. The Balaban J connectivity index is 2.18. The Morgan fingerprint density at radius 3 is 2.53 bits per heavy atom. The average molecular weight is 275 g/mol. The molecular weight excluding hydrogens is 261 g/mol. The van der Waals surface area contributed by atoms with E-state index >= 15 is 0 Å². The van der Waals surface area contributed by atoms with Crippen LogP contribution in [0.15, 0.2) is 47.4 Å². The molecule has 0 bridgehead atoms. The van der Waals surface area contributed by atoms with Gasteiger partial charge in [-0.2, -0.15) is 0 Å². The summed E-state index contributed by atoms with van der Waals surface area (Å²) < 4.78 is 13.5. The van der Waals surface area contributed by atoms with Gasteiger partial charge in [0.05, 0.1) is 5.56 Å². The predicted molar refractivity (Wildman–Crippen MR) is 77.4 cm³/mol. The zero-order valence-electron chi connectivity index (χ0n) is 10.5. The summed E-state index contributed by atoms with van der Waals surface area (Å²) in [6.07, 6.45) is 0.935. The molecule has 0 saturated heterocycles. The summed E-state index contributed by atoms with van der Waals surface area (Å²) in [7, 11) is 0. The SMILES string of the molecule is CCc1ccc(NC(=O)c2cc(S)ccc2F)cc1. The molecule has 0 aliphatic heterocycles. The molecule has 2 rings (SSSR count). The number of benzene rings is 2. The molecule has 2 nitrogen and oxygen atoms in total.